The van der Waals surface area contributed by atoms with Crippen molar-refractivity contribution in [2.75, 3.05) is 11.9 Å². The third kappa shape index (κ3) is 5.86. The van der Waals surface area contributed by atoms with Crippen molar-refractivity contribution in [3.63, 3.8) is 0 Å². The molecule has 2 rings (SSSR count). The molecule has 0 fully saturated rings. The Labute approximate surface area is 153 Å². The molecule has 0 bridgehead atoms. The van der Waals surface area contributed by atoms with E-state index in [1.807, 2.05) is 32.0 Å². The van der Waals surface area contributed by atoms with Gasteiger partial charge in [-0.15, -0.1) is 0 Å². The lowest BCUT2D eigenvalue weighted by Crippen LogP contribution is -2.29. The number of hydrogen-bond donors (Lipinski definition) is 3. The number of carbonyl (C=O) groups excluding carboxylic acids is 2. The predicted octanol–water partition coefficient (Wildman–Crippen LogP) is 2.82. The summed E-state index contributed by atoms with van der Waals surface area (Å²) < 4.78 is 0. The van der Waals surface area contributed by atoms with Gasteiger partial charge in [-0.3, -0.25) is 9.59 Å². The number of benzene rings is 2. The number of rotatable bonds is 7. The molecule has 0 spiro atoms. The molecule has 0 saturated carbocycles. The van der Waals surface area contributed by atoms with Gasteiger partial charge >= 0.3 is 0 Å². The monoisotopic (exact) mass is 352 g/mol. The normalized spacial score (nSPS) is 11.5. The second kappa shape index (κ2) is 8.97. The van der Waals surface area contributed by atoms with E-state index >= 15 is 0 Å². The summed E-state index contributed by atoms with van der Waals surface area (Å²) in [7, 11) is 0. The van der Waals surface area contributed by atoms with Crippen molar-refractivity contribution in [3.05, 3.63) is 77.4 Å². The third-order valence-electron chi connectivity index (χ3n) is 3.89. The summed E-state index contributed by atoms with van der Waals surface area (Å²) in [5.41, 5.74) is 4.41. The molecule has 2 aromatic carbocycles. The third-order valence-corrected chi connectivity index (χ3v) is 3.89. The van der Waals surface area contributed by atoms with E-state index in [2.05, 4.69) is 17.2 Å². The Balaban J connectivity index is 1.86. The van der Waals surface area contributed by atoms with Gasteiger partial charge in [0.05, 0.1) is 12.5 Å². The van der Waals surface area contributed by atoms with Gasteiger partial charge in [0.15, 0.2) is 0 Å². The van der Waals surface area contributed by atoms with Gasteiger partial charge in [-0.05, 0) is 43.2 Å². The molecule has 2 amide bonds. The van der Waals surface area contributed by atoms with Crippen LogP contribution in [0.25, 0.3) is 0 Å². The highest BCUT2D eigenvalue weighted by atomic mass is 16.3. The number of hydrogen-bond acceptors (Lipinski definition) is 3. The molecule has 1 unspecified atom stereocenters. The molecule has 0 aromatic heterocycles. The van der Waals surface area contributed by atoms with Crippen molar-refractivity contribution < 1.29 is 14.7 Å². The molecule has 3 N–H and O–H groups in total. The molecule has 0 saturated heterocycles. The quantitative estimate of drug-likeness (QED) is 0.671. The van der Waals surface area contributed by atoms with Gasteiger partial charge in [-0.2, -0.15) is 0 Å². The van der Waals surface area contributed by atoms with Crippen LogP contribution in [0.5, 0.6) is 0 Å². The van der Waals surface area contributed by atoms with Crippen LogP contribution < -0.4 is 10.6 Å². The number of aliphatic hydroxyl groups excluding tert-OH is 1. The van der Waals surface area contributed by atoms with Crippen LogP contribution in [-0.4, -0.2) is 23.5 Å². The summed E-state index contributed by atoms with van der Waals surface area (Å²) in [4.78, 5) is 23.3. The first-order chi connectivity index (χ1) is 12.4. The van der Waals surface area contributed by atoms with E-state index in [1.165, 1.54) is 6.08 Å². The average molecular weight is 352 g/mol. The van der Waals surface area contributed by atoms with Gasteiger partial charge in [-0.25, -0.2) is 0 Å². The molecule has 26 heavy (non-hydrogen) atoms. The van der Waals surface area contributed by atoms with Crippen molar-refractivity contribution in [1.29, 1.82) is 0 Å². The summed E-state index contributed by atoms with van der Waals surface area (Å²) in [6, 6.07) is 12.9. The Kier molecular flexibility index (Phi) is 6.69. The van der Waals surface area contributed by atoms with E-state index in [4.69, 9.17) is 0 Å². The van der Waals surface area contributed by atoms with Crippen LogP contribution in [0.1, 0.15) is 28.4 Å². The molecule has 0 aliphatic carbocycles. The van der Waals surface area contributed by atoms with E-state index in [-0.39, 0.29) is 24.8 Å². The highest BCUT2D eigenvalue weighted by Gasteiger charge is 2.11. The Bertz CT molecular complexity index is 777. The van der Waals surface area contributed by atoms with Crippen LogP contribution in [0, 0.1) is 13.8 Å². The van der Waals surface area contributed by atoms with Crippen LogP contribution in [0.15, 0.2) is 55.1 Å². The maximum Gasteiger partial charge on any atom is 0.247 e. The molecular formula is C21H24N2O3. The summed E-state index contributed by atoms with van der Waals surface area (Å²) in [5.74, 6) is -0.452. The molecular weight excluding hydrogens is 328 g/mol. The van der Waals surface area contributed by atoms with Crippen LogP contribution in [0.4, 0.5) is 5.69 Å². The highest BCUT2D eigenvalue weighted by Crippen LogP contribution is 2.16. The lowest BCUT2D eigenvalue weighted by Gasteiger charge is -2.14. The van der Waals surface area contributed by atoms with E-state index in [9.17, 15) is 14.7 Å². The number of amides is 2. The van der Waals surface area contributed by atoms with Gasteiger partial charge < -0.3 is 15.7 Å². The highest BCUT2D eigenvalue weighted by molar-refractivity contribution is 5.98. The maximum absolute atomic E-state index is 12.1. The van der Waals surface area contributed by atoms with Crippen molar-refractivity contribution in [2.45, 2.75) is 26.4 Å². The first-order valence-corrected chi connectivity index (χ1v) is 8.42. The van der Waals surface area contributed by atoms with Gasteiger partial charge in [0, 0.05) is 12.2 Å². The summed E-state index contributed by atoms with van der Waals surface area (Å²) in [5, 5.41) is 15.7. The Hall–Kier alpha value is -2.92. The molecule has 0 aliphatic heterocycles. The van der Waals surface area contributed by atoms with E-state index < -0.39 is 6.10 Å². The molecule has 136 valence electrons. The van der Waals surface area contributed by atoms with Crippen molar-refractivity contribution in [2.24, 2.45) is 0 Å². The van der Waals surface area contributed by atoms with Gasteiger partial charge in [-0.1, -0.05) is 48.0 Å². The van der Waals surface area contributed by atoms with E-state index in [0.29, 0.717) is 5.69 Å². The Morgan fingerprint density at radius 3 is 2.31 bits per heavy atom. The molecule has 0 heterocycles. The van der Waals surface area contributed by atoms with Crippen LogP contribution in [0.3, 0.4) is 0 Å². The predicted molar refractivity (Wildman–Crippen MR) is 103 cm³/mol. The van der Waals surface area contributed by atoms with Crippen molar-refractivity contribution >= 4 is 17.5 Å². The van der Waals surface area contributed by atoms with Crippen LogP contribution >= 0.6 is 0 Å². The zero-order valence-electron chi connectivity index (χ0n) is 15.1. The SMILES string of the molecule is C=CC(=O)Nc1ccc(CC(=O)NCC(O)c2cc(C)cc(C)c2)cc1. The Morgan fingerprint density at radius 2 is 1.73 bits per heavy atom. The number of anilines is 1. The topological polar surface area (TPSA) is 78.4 Å². The fourth-order valence-electron chi connectivity index (χ4n) is 2.68. The van der Waals surface area contributed by atoms with E-state index in [1.54, 1.807) is 24.3 Å². The number of aryl methyl sites for hydroxylation is 2. The number of aliphatic hydroxyl groups is 1. The average Bonchev–Trinajstić information content (AvgIpc) is 2.60. The lowest BCUT2D eigenvalue weighted by atomic mass is 10.0. The second-order valence-electron chi connectivity index (χ2n) is 6.31. The number of nitrogens with one attached hydrogen (secondary N) is 2. The fourth-order valence-corrected chi connectivity index (χ4v) is 2.68. The summed E-state index contributed by atoms with van der Waals surface area (Å²) >= 11 is 0. The molecule has 5 nitrogen and oxygen atoms in total. The molecule has 2 aromatic rings. The van der Waals surface area contributed by atoms with Crippen molar-refractivity contribution in [1.82, 2.24) is 5.32 Å². The molecule has 0 aliphatic rings. The van der Waals surface area contributed by atoms with Crippen LogP contribution in [-0.2, 0) is 16.0 Å². The maximum atomic E-state index is 12.1. The largest absolute Gasteiger partial charge is 0.387 e. The van der Waals surface area contributed by atoms with Gasteiger partial charge in [0.1, 0.15) is 0 Å². The second-order valence-corrected chi connectivity index (χ2v) is 6.31. The van der Waals surface area contributed by atoms with Gasteiger partial charge in [0.25, 0.3) is 0 Å². The fraction of sp³-hybridized carbons (Fsp3) is 0.238. The molecule has 0 radical (unpaired) electrons. The first kappa shape index (κ1) is 19.4. The standard InChI is InChI=1S/C21H24N2O3/c1-4-20(25)23-18-7-5-16(6-8-18)12-21(26)22-13-19(24)17-10-14(2)9-15(3)11-17/h4-11,19,24H,1,12-13H2,2-3H3,(H,22,26)(H,23,25). The van der Waals surface area contributed by atoms with Crippen molar-refractivity contribution in [3.8, 4) is 0 Å². The minimum absolute atomic E-state index is 0.162. The van der Waals surface area contributed by atoms with Crippen LogP contribution in [0.2, 0.25) is 0 Å². The van der Waals surface area contributed by atoms with E-state index in [0.717, 1.165) is 22.3 Å². The molecule has 1 atom stereocenters. The Morgan fingerprint density at radius 1 is 1.12 bits per heavy atom. The summed E-state index contributed by atoms with van der Waals surface area (Å²) in [6.07, 6.45) is 0.659. The number of carbonyl (C=O) groups is 2. The summed E-state index contributed by atoms with van der Waals surface area (Å²) in [6.45, 7) is 7.51. The molecule has 5 heteroatoms. The lowest BCUT2D eigenvalue weighted by molar-refractivity contribution is -0.121. The smallest absolute Gasteiger partial charge is 0.247 e. The first-order valence-electron chi connectivity index (χ1n) is 8.42. The zero-order chi connectivity index (χ0) is 19.1. The minimum Gasteiger partial charge on any atom is -0.387 e. The minimum atomic E-state index is -0.742. The van der Waals surface area contributed by atoms with Gasteiger partial charge in [0.2, 0.25) is 11.8 Å². The zero-order valence-corrected chi connectivity index (χ0v) is 15.1.